The lowest BCUT2D eigenvalue weighted by atomic mass is 10.4. The molecule has 2 heterocycles. The van der Waals surface area contributed by atoms with E-state index < -0.39 is 0 Å². The lowest BCUT2D eigenvalue weighted by Gasteiger charge is -2.26. The Kier molecular flexibility index (Phi) is 2.65. The van der Waals surface area contributed by atoms with Crippen LogP contribution in [0.2, 0.25) is 0 Å². The van der Waals surface area contributed by atoms with Crippen LogP contribution < -0.4 is 0 Å². The number of morpholine rings is 1. The molecule has 0 saturated carbocycles. The third kappa shape index (κ3) is 1.97. The predicted molar refractivity (Wildman–Crippen MR) is 50.1 cm³/mol. The Hall–Kier alpha value is -1.87. The molecule has 1 aromatic rings. The Bertz CT molecular complexity index is 400. The first kappa shape index (κ1) is 9.68. The summed E-state index contributed by atoms with van der Waals surface area (Å²) in [6.45, 7) is 2.25. The number of carbonyl (C=O) groups is 1. The van der Waals surface area contributed by atoms with Crippen molar-refractivity contribution in [3.63, 3.8) is 0 Å². The summed E-state index contributed by atoms with van der Waals surface area (Å²) in [7, 11) is 0. The van der Waals surface area contributed by atoms with Gasteiger partial charge in [0.15, 0.2) is 0 Å². The molecule has 0 spiro atoms. The van der Waals surface area contributed by atoms with E-state index in [1.807, 2.05) is 6.07 Å². The normalized spacial score (nSPS) is 16.1. The number of amides is 1. The molecule has 6 heteroatoms. The summed E-state index contributed by atoms with van der Waals surface area (Å²) >= 11 is 0. The number of ether oxygens (including phenoxy) is 1. The van der Waals surface area contributed by atoms with Crippen molar-refractivity contribution in [3.05, 3.63) is 18.0 Å². The highest BCUT2D eigenvalue weighted by atomic mass is 16.5. The topological polar surface area (TPSA) is 71.2 Å². The maximum atomic E-state index is 11.8. The van der Waals surface area contributed by atoms with E-state index in [1.165, 1.54) is 17.1 Å². The zero-order chi connectivity index (χ0) is 10.7. The number of hydrogen-bond acceptors (Lipinski definition) is 4. The molecule has 78 valence electrons. The van der Waals surface area contributed by atoms with Gasteiger partial charge >= 0.3 is 6.03 Å². The molecule has 1 aliphatic rings. The van der Waals surface area contributed by atoms with Gasteiger partial charge in [-0.05, 0) is 0 Å². The van der Waals surface area contributed by atoms with Crippen LogP contribution in [0.4, 0.5) is 4.79 Å². The maximum absolute atomic E-state index is 11.8. The molecule has 15 heavy (non-hydrogen) atoms. The van der Waals surface area contributed by atoms with E-state index in [4.69, 9.17) is 10.00 Å². The van der Waals surface area contributed by atoms with Crippen LogP contribution in [0, 0.1) is 11.3 Å². The van der Waals surface area contributed by atoms with Crippen LogP contribution in [0.5, 0.6) is 0 Å². The van der Waals surface area contributed by atoms with Crippen molar-refractivity contribution in [1.29, 1.82) is 5.26 Å². The number of aromatic nitrogens is 2. The molecule has 0 aromatic carbocycles. The van der Waals surface area contributed by atoms with E-state index in [2.05, 4.69) is 5.10 Å². The molecular formula is C9H10N4O2. The second kappa shape index (κ2) is 4.11. The number of carbonyl (C=O) groups excluding carboxylic acids is 1. The highest BCUT2D eigenvalue weighted by molar-refractivity contribution is 5.76. The average molecular weight is 206 g/mol. The molecule has 1 fully saturated rings. The van der Waals surface area contributed by atoms with Gasteiger partial charge in [0, 0.05) is 13.1 Å². The summed E-state index contributed by atoms with van der Waals surface area (Å²) in [6, 6.07) is 1.72. The molecule has 0 atom stereocenters. The fourth-order valence-electron chi connectivity index (χ4n) is 1.38. The van der Waals surface area contributed by atoms with Crippen LogP contribution in [0.1, 0.15) is 5.56 Å². The molecule has 0 N–H and O–H groups in total. The average Bonchev–Trinajstić information content (AvgIpc) is 2.78. The number of hydrogen-bond donors (Lipinski definition) is 0. The van der Waals surface area contributed by atoms with Gasteiger partial charge in [-0.1, -0.05) is 0 Å². The second-order valence-electron chi connectivity index (χ2n) is 3.17. The van der Waals surface area contributed by atoms with Gasteiger partial charge in [0.05, 0.1) is 31.2 Å². The van der Waals surface area contributed by atoms with E-state index in [0.717, 1.165) is 0 Å². The Labute approximate surface area is 86.6 Å². The summed E-state index contributed by atoms with van der Waals surface area (Å²) in [5, 5.41) is 12.4. The molecule has 6 nitrogen and oxygen atoms in total. The molecule has 0 aliphatic carbocycles. The monoisotopic (exact) mass is 206 g/mol. The van der Waals surface area contributed by atoms with Crippen molar-refractivity contribution in [1.82, 2.24) is 14.7 Å². The smallest absolute Gasteiger partial charge is 0.344 e. The largest absolute Gasteiger partial charge is 0.378 e. The van der Waals surface area contributed by atoms with Gasteiger partial charge in [-0.15, -0.1) is 0 Å². The predicted octanol–water partition coefficient (Wildman–Crippen LogP) is 0.0551. The van der Waals surface area contributed by atoms with E-state index in [9.17, 15) is 4.79 Å². The van der Waals surface area contributed by atoms with Crippen LogP contribution in [-0.4, -0.2) is 47.0 Å². The van der Waals surface area contributed by atoms with Crippen LogP contribution in [0.15, 0.2) is 12.4 Å². The molecule has 1 saturated heterocycles. The number of nitriles is 1. The van der Waals surface area contributed by atoms with Gasteiger partial charge in [0.2, 0.25) is 0 Å². The Morgan fingerprint density at radius 3 is 2.87 bits per heavy atom. The highest BCUT2D eigenvalue weighted by Gasteiger charge is 2.18. The third-order valence-corrected chi connectivity index (χ3v) is 2.19. The quantitative estimate of drug-likeness (QED) is 0.601. The number of nitrogens with zero attached hydrogens (tertiary/aromatic N) is 4. The first-order valence-electron chi connectivity index (χ1n) is 4.63. The van der Waals surface area contributed by atoms with Crippen molar-refractivity contribution < 1.29 is 9.53 Å². The molecule has 1 aromatic heterocycles. The van der Waals surface area contributed by atoms with E-state index >= 15 is 0 Å². The summed E-state index contributed by atoms with van der Waals surface area (Å²) in [4.78, 5) is 13.4. The van der Waals surface area contributed by atoms with Crippen LogP contribution in [0.3, 0.4) is 0 Å². The Morgan fingerprint density at radius 1 is 1.53 bits per heavy atom. The van der Waals surface area contributed by atoms with E-state index in [1.54, 1.807) is 4.90 Å². The van der Waals surface area contributed by atoms with Crippen molar-refractivity contribution in [2.24, 2.45) is 0 Å². The van der Waals surface area contributed by atoms with Gasteiger partial charge < -0.3 is 9.64 Å². The summed E-state index contributed by atoms with van der Waals surface area (Å²) in [5.74, 6) is 0. The Balaban J connectivity index is 2.09. The lowest BCUT2D eigenvalue weighted by Crippen LogP contribution is -2.43. The van der Waals surface area contributed by atoms with E-state index in [-0.39, 0.29) is 6.03 Å². The highest BCUT2D eigenvalue weighted by Crippen LogP contribution is 2.02. The summed E-state index contributed by atoms with van der Waals surface area (Å²) in [5.41, 5.74) is 0.386. The molecule has 1 aliphatic heterocycles. The molecular weight excluding hydrogens is 196 g/mol. The molecule has 1 amide bonds. The van der Waals surface area contributed by atoms with Crippen molar-refractivity contribution in [2.45, 2.75) is 0 Å². The van der Waals surface area contributed by atoms with Gasteiger partial charge in [-0.2, -0.15) is 15.0 Å². The molecule has 0 radical (unpaired) electrons. The second-order valence-corrected chi connectivity index (χ2v) is 3.17. The zero-order valence-electron chi connectivity index (χ0n) is 8.09. The van der Waals surface area contributed by atoms with Crippen molar-refractivity contribution in [3.8, 4) is 6.07 Å². The van der Waals surface area contributed by atoms with Gasteiger partial charge in [0.1, 0.15) is 6.07 Å². The van der Waals surface area contributed by atoms with Gasteiger partial charge in [-0.25, -0.2) is 4.79 Å². The van der Waals surface area contributed by atoms with E-state index in [0.29, 0.717) is 31.9 Å². The molecule has 2 rings (SSSR count). The van der Waals surface area contributed by atoms with Crippen LogP contribution in [0.25, 0.3) is 0 Å². The minimum atomic E-state index is -0.209. The Morgan fingerprint density at radius 2 is 2.27 bits per heavy atom. The number of rotatable bonds is 0. The first-order chi connectivity index (χ1) is 7.31. The molecule has 0 unspecified atom stereocenters. The van der Waals surface area contributed by atoms with Gasteiger partial charge in [-0.3, -0.25) is 0 Å². The van der Waals surface area contributed by atoms with Crippen molar-refractivity contribution >= 4 is 6.03 Å². The minimum Gasteiger partial charge on any atom is -0.378 e. The third-order valence-electron chi connectivity index (χ3n) is 2.19. The standard InChI is InChI=1S/C9H10N4O2/c10-5-8-6-11-13(7-8)9(14)12-1-3-15-4-2-12/h6-7H,1-4H2. The van der Waals surface area contributed by atoms with Crippen LogP contribution >= 0.6 is 0 Å². The summed E-state index contributed by atoms with van der Waals surface area (Å²) in [6.07, 6.45) is 2.80. The maximum Gasteiger partial charge on any atom is 0.344 e. The first-order valence-corrected chi connectivity index (χ1v) is 4.63. The van der Waals surface area contributed by atoms with Gasteiger partial charge in [0.25, 0.3) is 0 Å². The fourth-order valence-corrected chi connectivity index (χ4v) is 1.38. The molecule has 0 bridgehead atoms. The minimum absolute atomic E-state index is 0.209. The van der Waals surface area contributed by atoms with Crippen molar-refractivity contribution in [2.75, 3.05) is 26.3 Å². The SMILES string of the molecule is N#Cc1cnn(C(=O)N2CCOCC2)c1. The summed E-state index contributed by atoms with van der Waals surface area (Å²) < 4.78 is 6.32. The lowest BCUT2D eigenvalue weighted by molar-refractivity contribution is 0.0528. The van der Waals surface area contributed by atoms with Crippen LogP contribution in [-0.2, 0) is 4.74 Å². The fraction of sp³-hybridized carbons (Fsp3) is 0.444. The zero-order valence-corrected chi connectivity index (χ0v) is 8.09.